The molecule has 0 aliphatic rings. The number of fused-ring (bicyclic) bond motifs is 1. The molecule has 26 heavy (non-hydrogen) atoms. The molecule has 1 amide bonds. The second kappa shape index (κ2) is 6.77. The summed E-state index contributed by atoms with van der Waals surface area (Å²) in [4.78, 5) is 13.7. The number of rotatable bonds is 4. The van der Waals surface area contributed by atoms with E-state index in [0.29, 0.717) is 12.2 Å². The van der Waals surface area contributed by atoms with Crippen molar-refractivity contribution in [3.05, 3.63) is 81.8 Å². The molecule has 3 aromatic heterocycles. The van der Waals surface area contributed by atoms with Crippen molar-refractivity contribution in [2.75, 3.05) is 0 Å². The first kappa shape index (κ1) is 16.5. The Morgan fingerprint density at radius 3 is 2.62 bits per heavy atom. The van der Waals surface area contributed by atoms with Gasteiger partial charge in [-0.05, 0) is 48.6 Å². The third-order valence-electron chi connectivity index (χ3n) is 4.48. The molecular weight excluding hydrogens is 342 g/mol. The molecule has 0 spiro atoms. The minimum Gasteiger partial charge on any atom is -0.346 e. The zero-order valence-corrected chi connectivity index (χ0v) is 15.5. The predicted octanol–water partition coefficient (Wildman–Crippen LogP) is 4.61. The van der Waals surface area contributed by atoms with Crippen LogP contribution in [-0.4, -0.2) is 15.5 Å². The van der Waals surface area contributed by atoms with E-state index in [4.69, 9.17) is 0 Å². The molecule has 0 bridgehead atoms. The molecule has 5 heteroatoms. The molecule has 0 unspecified atom stereocenters. The van der Waals surface area contributed by atoms with Gasteiger partial charge in [0, 0.05) is 16.1 Å². The smallest absolute Gasteiger partial charge is 0.272 e. The van der Waals surface area contributed by atoms with Crippen LogP contribution in [0.15, 0.2) is 60.0 Å². The number of nitrogens with zero attached hydrogens (tertiary/aromatic N) is 2. The maximum atomic E-state index is 12.6. The lowest BCUT2D eigenvalue weighted by Gasteiger charge is -2.06. The lowest BCUT2D eigenvalue weighted by atomic mass is 10.0. The number of aromatic nitrogens is 2. The molecule has 3 heterocycles. The highest BCUT2D eigenvalue weighted by atomic mass is 32.1. The molecule has 4 aromatic rings. The zero-order chi connectivity index (χ0) is 18.1. The van der Waals surface area contributed by atoms with Crippen molar-refractivity contribution in [2.24, 2.45) is 0 Å². The Morgan fingerprint density at radius 1 is 1.08 bits per heavy atom. The van der Waals surface area contributed by atoms with Crippen LogP contribution in [0.25, 0.3) is 16.6 Å². The fourth-order valence-electron chi connectivity index (χ4n) is 3.10. The predicted molar refractivity (Wildman–Crippen MR) is 106 cm³/mol. The summed E-state index contributed by atoms with van der Waals surface area (Å²) in [6.45, 7) is 4.49. The molecule has 1 N–H and O–H groups in total. The van der Waals surface area contributed by atoms with Crippen LogP contribution in [0.4, 0.5) is 0 Å². The van der Waals surface area contributed by atoms with E-state index in [2.05, 4.69) is 34.7 Å². The Hall–Kier alpha value is -2.92. The number of thiophene rings is 1. The van der Waals surface area contributed by atoms with Crippen molar-refractivity contribution in [1.82, 2.24) is 14.9 Å². The van der Waals surface area contributed by atoms with Gasteiger partial charge in [-0.15, -0.1) is 11.3 Å². The first-order chi connectivity index (χ1) is 12.6. The molecule has 0 saturated heterocycles. The standard InChI is InChI=1S/C21H19N3OS/c1-14-11-17(16-7-4-3-5-8-16)12-19-15(2)20(23-24(14)19)21(25)22-13-18-9-6-10-26-18/h3-12H,13H2,1-2H3,(H,22,25). The molecule has 1 aromatic carbocycles. The Balaban J connectivity index is 1.70. The van der Waals surface area contributed by atoms with E-state index >= 15 is 0 Å². The lowest BCUT2D eigenvalue weighted by molar-refractivity contribution is 0.0945. The van der Waals surface area contributed by atoms with Crippen molar-refractivity contribution in [1.29, 1.82) is 0 Å². The van der Waals surface area contributed by atoms with Gasteiger partial charge in [-0.1, -0.05) is 36.4 Å². The van der Waals surface area contributed by atoms with E-state index in [1.54, 1.807) is 11.3 Å². The van der Waals surface area contributed by atoms with E-state index in [9.17, 15) is 4.79 Å². The summed E-state index contributed by atoms with van der Waals surface area (Å²) in [7, 11) is 0. The maximum absolute atomic E-state index is 12.6. The van der Waals surface area contributed by atoms with E-state index in [1.165, 1.54) is 0 Å². The van der Waals surface area contributed by atoms with Gasteiger partial charge in [0.2, 0.25) is 0 Å². The fraction of sp³-hybridized carbons (Fsp3) is 0.143. The van der Waals surface area contributed by atoms with Crippen molar-refractivity contribution in [3.8, 4) is 11.1 Å². The van der Waals surface area contributed by atoms with E-state index in [-0.39, 0.29) is 5.91 Å². The van der Waals surface area contributed by atoms with Crippen LogP contribution in [0.2, 0.25) is 0 Å². The molecule has 0 atom stereocenters. The highest BCUT2D eigenvalue weighted by molar-refractivity contribution is 7.09. The number of carbonyl (C=O) groups excluding carboxylic acids is 1. The molecule has 0 aliphatic carbocycles. The quantitative estimate of drug-likeness (QED) is 0.577. The van der Waals surface area contributed by atoms with E-state index in [0.717, 1.165) is 32.8 Å². The summed E-state index contributed by atoms with van der Waals surface area (Å²) in [5, 5.41) is 9.53. The number of carbonyl (C=O) groups is 1. The molecule has 130 valence electrons. The van der Waals surface area contributed by atoms with Gasteiger partial charge >= 0.3 is 0 Å². The largest absolute Gasteiger partial charge is 0.346 e. The Morgan fingerprint density at radius 2 is 1.88 bits per heavy atom. The summed E-state index contributed by atoms with van der Waals surface area (Å²) in [5.41, 5.74) is 5.63. The number of hydrogen-bond donors (Lipinski definition) is 1. The van der Waals surface area contributed by atoms with Gasteiger partial charge in [-0.25, -0.2) is 4.52 Å². The average Bonchev–Trinajstić information content (AvgIpc) is 3.29. The van der Waals surface area contributed by atoms with Crippen LogP contribution in [-0.2, 0) is 6.54 Å². The highest BCUT2D eigenvalue weighted by Crippen LogP contribution is 2.25. The molecule has 4 rings (SSSR count). The lowest BCUT2D eigenvalue weighted by Crippen LogP contribution is -2.23. The summed E-state index contributed by atoms with van der Waals surface area (Å²) < 4.78 is 1.85. The molecule has 0 aliphatic heterocycles. The normalized spacial score (nSPS) is 11.0. The molecular formula is C21H19N3OS. The number of benzene rings is 1. The van der Waals surface area contributed by atoms with Crippen LogP contribution in [0.1, 0.15) is 26.6 Å². The van der Waals surface area contributed by atoms with Crippen molar-refractivity contribution in [3.63, 3.8) is 0 Å². The van der Waals surface area contributed by atoms with Gasteiger partial charge in [-0.2, -0.15) is 5.10 Å². The van der Waals surface area contributed by atoms with Gasteiger partial charge in [0.15, 0.2) is 5.69 Å². The molecule has 0 radical (unpaired) electrons. The second-order valence-electron chi connectivity index (χ2n) is 6.28. The zero-order valence-electron chi connectivity index (χ0n) is 14.7. The second-order valence-corrected chi connectivity index (χ2v) is 7.32. The number of pyridine rings is 1. The minimum absolute atomic E-state index is 0.139. The van der Waals surface area contributed by atoms with Crippen molar-refractivity contribution in [2.45, 2.75) is 20.4 Å². The SMILES string of the molecule is Cc1c(C(=O)NCc2cccs2)nn2c(C)cc(-c3ccccc3)cc12. The third kappa shape index (κ3) is 3.02. The van der Waals surface area contributed by atoms with E-state index in [1.807, 2.05) is 54.1 Å². The first-order valence-electron chi connectivity index (χ1n) is 8.49. The maximum Gasteiger partial charge on any atom is 0.272 e. The Labute approximate surface area is 156 Å². The van der Waals surface area contributed by atoms with Crippen molar-refractivity contribution >= 4 is 22.8 Å². The number of aryl methyl sites for hydroxylation is 2. The van der Waals surface area contributed by atoms with Crippen LogP contribution in [0.3, 0.4) is 0 Å². The van der Waals surface area contributed by atoms with Gasteiger partial charge in [-0.3, -0.25) is 4.79 Å². The molecule has 0 saturated carbocycles. The van der Waals surface area contributed by atoms with Gasteiger partial charge in [0.25, 0.3) is 5.91 Å². The number of hydrogen-bond acceptors (Lipinski definition) is 3. The van der Waals surface area contributed by atoms with E-state index < -0.39 is 0 Å². The number of nitrogens with one attached hydrogen (secondary N) is 1. The monoisotopic (exact) mass is 361 g/mol. The fourth-order valence-corrected chi connectivity index (χ4v) is 3.74. The minimum atomic E-state index is -0.139. The summed E-state index contributed by atoms with van der Waals surface area (Å²) in [5.74, 6) is -0.139. The molecule has 4 nitrogen and oxygen atoms in total. The topological polar surface area (TPSA) is 46.4 Å². The van der Waals surface area contributed by atoms with Gasteiger partial charge in [0.1, 0.15) is 0 Å². The summed E-state index contributed by atoms with van der Waals surface area (Å²) in [6.07, 6.45) is 0. The first-order valence-corrected chi connectivity index (χ1v) is 9.37. The van der Waals surface area contributed by atoms with Gasteiger partial charge < -0.3 is 5.32 Å². The average molecular weight is 361 g/mol. The van der Waals surface area contributed by atoms with Crippen LogP contribution < -0.4 is 5.32 Å². The van der Waals surface area contributed by atoms with Crippen LogP contribution in [0, 0.1) is 13.8 Å². The Bertz CT molecular complexity index is 1070. The number of amides is 1. The summed E-state index contributed by atoms with van der Waals surface area (Å²) >= 11 is 1.63. The van der Waals surface area contributed by atoms with Crippen LogP contribution in [0.5, 0.6) is 0 Å². The van der Waals surface area contributed by atoms with Gasteiger partial charge in [0.05, 0.1) is 12.1 Å². The molecule has 0 fully saturated rings. The summed E-state index contributed by atoms with van der Waals surface area (Å²) in [6, 6.07) is 18.4. The Kier molecular flexibility index (Phi) is 4.31. The highest BCUT2D eigenvalue weighted by Gasteiger charge is 2.18. The third-order valence-corrected chi connectivity index (χ3v) is 5.36. The van der Waals surface area contributed by atoms with Crippen LogP contribution >= 0.6 is 11.3 Å². The van der Waals surface area contributed by atoms with Crippen molar-refractivity contribution < 1.29 is 4.79 Å².